The van der Waals surface area contributed by atoms with E-state index in [-0.39, 0.29) is 11.8 Å². The van der Waals surface area contributed by atoms with Crippen LogP contribution in [0.15, 0.2) is 30.5 Å². The lowest BCUT2D eigenvalue weighted by Crippen LogP contribution is -2.36. The predicted octanol–water partition coefficient (Wildman–Crippen LogP) is 3.39. The second kappa shape index (κ2) is 10.1. The van der Waals surface area contributed by atoms with E-state index in [1.54, 1.807) is 11.3 Å². The third kappa shape index (κ3) is 4.56. The summed E-state index contributed by atoms with van der Waals surface area (Å²) in [6.07, 6.45) is 3.35. The highest BCUT2D eigenvalue weighted by atomic mass is 32.1. The van der Waals surface area contributed by atoms with Crippen LogP contribution in [0, 0.1) is 0 Å². The predicted molar refractivity (Wildman–Crippen MR) is 143 cm³/mol. The van der Waals surface area contributed by atoms with Crippen LogP contribution in [0.2, 0.25) is 0 Å². The number of carbonyl (C=O) groups excluding carboxylic acids is 1. The molecule has 4 aromatic rings. The van der Waals surface area contributed by atoms with Crippen LogP contribution in [0.5, 0.6) is 0 Å². The standard InChI is InChI=1S/C26H31N7O2S/c1-17(14-23(34)32-8-3-6-27-7-9-32)22-15-21-24(36-22)26(33-10-12-35-13-11-33)30-25(29-21)18-4-2-5-20-19(18)16-28-31-20/h2,4-5,15-17,27H,3,6-14H2,1H3,(H,28,31). The largest absolute Gasteiger partial charge is 0.378 e. The van der Waals surface area contributed by atoms with Crippen molar-refractivity contribution in [3.05, 3.63) is 35.3 Å². The number of H-pyrrole nitrogens is 1. The number of aromatic nitrogens is 4. The van der Waals surface area contributed by atoms with Crippen LogP contribution in [0.1, 0.15) is 30.6 Å². The fourth-order valence-corrected chi connectivity index (χ4v) is 6.20. The molecule has 1 aromatic carbocycles. The van der Waals surface area contributed by atoms with E-state index in [4.69, 9.17) is 14.7 Å². The van der Waals surface area contributed by atoms with Gasteiger partial charge in [-0.3, -0.25) is 9.89 Å². The molecule has 0 spiro atoms. The first-order valence-corrected chi connectivity index (χ1v) is 13.5. The molecule has 1 atom stereocenters. The van der Waals surface area contributed by atoms with Crippen molar-refractivity contribution in [3.63, 3.8) is 0 Å². The number of anilines is 1. The zero-order valence-corrected chi connectivity index (χ0v) is 21.3. The van der Waals surface area contributed by atoms with Crippen LogP contribution in [0.3, 0.4) is 0 Å². The van der Waals surface area contributed by atoms with Crippen LogP contribution in [0.25, 0.3) is 32.5 Å². The molecule has 2 fully saturated rings. The fraction of sp³-hybridized carbons (Fsp3) is 0.462. The number of hydrogen-bond donors (Lipinski definition) is 2. The smallest absolute Gasteiger partial charge is 0.223 e. The number of hydrogen-bond acceptors (Lipinski definition) is 8. The van der Waals surface area contributed by atoms with Gasteiger partial charge < -0.3 is 19.9 Å². The van der Waals surface area contributed by atoms with Crippen molar-refractivity contribution in [1.82, 2.24) is 30.4 Å². The molecule has 10 heteroatoms. The summed E-state index contributed by atoms with van der Waals surface area (Å²) in [5.41, 5.74) is 2.86. The zero-order valence-electron chi connectivity index (χ0n) is 20.5. The van der Waals surface area contributed by atoms with Crippen LogP contribution in [0.4, 0.5) is 5.82 Å². The molecule has 0 aliphatic carbocycles. The maximum Gasteiger partial charge on any atom is 0.223 e. The molecular weight excluding hydrogens is 474 g/mol. The van der Waals surface area contributed by atoms with Crippen molar-refractivity contribution in [2.45, 2.75) is 25.7 Å². The number of rotatable bonds is 5. The molecule has 0 radical (unpaired) electrons. The van der Waals surface area contributed by atoms with Gasteiger partial charge in [0.1, 0.15) is 0 Å². The Morgan fingerprint density at radius 2 is 2.06 bits per heavy atom. The number of nitrogens with zero attached hydrogens (tertiary/aromatic N) is 5. The third-order valence-corrected chi connectivity index (χ3v) is 8.42. The Labute approximate surface area is 213 Å². The number of fused-ring (bicyclic) bond motifs is 2. The molecule has 188 valence electrons. The van der Waals surface area contributed by atoms with E-state index in [9.17, 15) is 4.79 Å². The highest BCUT2D eigenvalue weighted by Crippen LogP contribution is 2.39. The average Bonchev–Trinajstić information content (AvgIpc) is 3.48. The van der Waals surface area contributed by atoms with E-state index in [0.717, 1.165) is 78.2 Å². The summed E-state index contributed by atoms with van der Waals surface area (Å²) in [5.74, 6) is 2.00. The Hall–Kier alpha value is -3.08. The van der Waals surface area contributed by atoms with Crippen molar-refractivity contribution in [2.75, 3.05) is 57.4 Å². The lowest BCUT2D eigenvalue weighted by molar-refractivity contribution is -0.131. The highest BCUT2D eigenvalue weighted by Gasteiger charge is 2.24. The molecule has 9 nitrogen and oxygen atoms in total. The number of ether oxygens (including phenoxy) is 1. The number of nitrogens with one attached hydrogen (secondary N) is 2. The maximum atomic E-state index is 13.0. The van der Waals surface area contributed by atoms with Crippen molar-refractivity contribution in [3.8, 4) is 11.4 Å². The van der Waals surface area contributed by atoms with Gasteiger partial charge in [-0.15, -0.1) is 11.3 Å². The lowest BCUT2D eigenvalue weighted by atomic mass is 10.0. The number of morpholine rings is 1. The number of amides is 1. The first-order valence-electron chi connectivity index (χ1n) is 12.7. The Kier molecular flexibility index (Phi) is 6.56. The monoisotopic (exact) mass is 505 g/mol. The molecule has 2 N–H and O–H groups in total. The quantitative estimate of drug-likeness (QED) is 0.429. The molecule has 2 aliphatic heterocycles. The minimum absolute atomic E-state index is 0.117. The molecule has 6 rings (SSSR count). The lowest BCUT2D eigenvalue weighted by Gasteiger charge is -2.28. The Balaban J connectivity index is 1.37. The SMILES string of the molecule is CC(CC(=O)N1CCCNCC1)c1cc2nc(-c3cccc4[nH]ncc34)nc(N3CCOCC3)c2s1. The summed E-state index contributed by atoms with van der Waals surface area (Å²) in [4.78, 5) is 28.6. The van der Waals surface area contributed by atoms with Crippen molar-refractivity contribution in [2.24, 2.45) is 0 Å². The van der Waals surface area contributed by atoms with Gasteiger partial charge in [-0.25, -0.2) is 9.97 Å². The molecule has 1 unspecified atom stereocenters. The van der Waals surface area contributed by atoms with Gasteiger partial charge in [-0.1, -0.05) is 19.1 Å². The second-order valence-electron chi connectivity index (χ2n) is 9.56. The van der Waals surface area contributed by atoms with Crippen molar-refractivity contribution >= 4 is 44.2 Å². The third-order valence-electron chi connectivity index (χ3n) is 7.07. The van der Waals surface area contributed by atoms with E-state index in [2.05, 4.69) is 33.4 Å². The zero-order chi connectivity index (χ0) is 24.5. The van der Waals surface area contributed by atoms with Gasteiger partial charge in [0.25, 0.3) is 0 Å². The van der Waals surface area contributed by atoms with Crippen LogP contribution in [-0.4, -0.2) is 83.5 Å². The van der Waals surface area contributed by atoms with Gasteiger partial charge in [0.2, 0.25) is 5.91 Å². The number of carbonyl (C=O) groups is 1. The molecule has 3 aromatic heterocycles. The summed E-state index contributed by atoms with van der Waals surface area (Å²) >= 11 is 1.72. The first-order chi connectivity index (χ1) is 17.7. The van der Waals surface area contributed by atoms with Crippen LogP contribution >= 0.6 is 11.3 Å². The van der Waals surface area contributed by atoms with E-state index in [1.807, 2.05) is 29.3 Å². The topological polar surface area (TPSA) is 99.3 Å². The molecule has 36 heavy (non-hydrogen) atoms. The molecule has 2 aliphatic rings. The summed E-state index contributed by atoms with van der Waals surface area (Å²) < 4.78 is 6.69. The number of thiophene rings is 1. The normalized spacial score (nSPS) is 18.0. The molecular formula is C26H31N7O2S. The minimum Gasteiger partial charge on any atom is -0.378 e. The van der Waals surface area contributed by atoms with Crippen molar-refractivity contribution < 1.29 is 9.53 Å². The molecule has 2 saturated heterocycles. The second-order valence-corrected chi connectivity index (χ2v) is 10.6. The highest BCUT2D eigenvalue weighted by molar-refractivity contribution is 7.19. The van der Waals surface area contributed by atoms with Gasteiger partial charge in [0, 0.05) is 55.0 Å². The van der Waals surface area contributed by atoms with Gasteiger partial charge in [-0.05, 0) is 31.0 Å². The van der Waals surface area contributed by atoms with E-state index in [0.29, 0.717) is 25.5 Å². The average molecular weight is 506 g/mol. The fourth-order valence-electron chi connectivity index (χ4n) is 5.04. The molecule has 5 heterocycles. The van der Waals surface area contributed by atoms with Gasteiger partial charge >= 0.3 is 0 Å². The summed E-state index contributed by atoms with van der Waals surface area (Å²) in [6, 6.07) is 8.22. The van der Waals surface area contributed by atoms with E-state index < -0.39 is 0 Å². The van der Waals surface area contributed by atoms with Crippen LogP contribution < -0.4 is 10.2 Å². The number of aromatic amines is 1. The maximum absolute atomic E-state index is 13.0. The van der Waals surface area contributed by atoms with Crippen LogP contribution in [-0.2, 0) is 9.53 Å². The molecule has 0 bridgehead atoms. The Morgan fingerprint density at radius 1 is 1.17 bits per heavy atom. The van der Waals surface area contributed by atoms with E-state index >= 15 is 0 Å². The van der Waals surface area contributed by atoms with Crippen molar-refractivity contribution in [1.29, 1.82) is 0 Å². The van der Waals surface area contributed by atoms with Gasteiger partial charge in [0.15, 0.2) is 11.6 Å². The summed E-state index contributed by atoms with van der Waals surface area (Å²) in [5, 5.41) is 11.6. The number of benzene rings is 1. The Morgan fingerprint density at radius 3 is 2.94 bits per heavy atom. The molecule has 1 amide bonds. The summed E-state index contributed by atoms with van der Waals surface area (Å²) in [6.45, 7) is 8.58. The van der Waals surface area contributed by atoms with E-state index in [1.165, 1.54) is 4.88 Å². The summed E-state index contributed by atoms with van der Waals surface area (Å²) in [7, 11) is 0. The Bertz CT molecular complexity index is 1370. The first kappa shape index (κ1) is 23.3. The molecule has 0 saturated carbocycles. The van der Waals surface area contributed by atoms with Gasteiger partial charge in [0.05, 0.1) is 35.1 Å². The minimum atomic E-state index is 0.117. The van der Waals surface area contributed by atoms with Gasteiger partial charge in [-0.2, -0.15) is 5.10 Å².